The highest BCUT2D eigenvalue weighted by Gasteiger charge is 2.17. The lowest BCUT2D eigenvalue weighted by Crippen LogP contribution is -2.11. The van der Waals surface area contributed by atoms with Crippen LogP contribution in [-0.2, 0) is 5.41 Å². The Morgan fingerprint density at radius 1 is 1.17 bits per heavy atom. The van der Waals surface area contributed by atoms with E-state index < -0.39 is 0 Å². The first-order chi connectivity index (χ1) is 11.3. The Morgan fingerprint density at radius 3 is 2.42 bits per heavy atom. The van der Waals surface area contributed by atoms with Crippen molar-refractivity contribution in [2.75, 3.05) is 5.73 Å². The molecule has 0 atom stereocenters. The topological polar surface area (TPSA) is 69.1 Å². The maximum Gasteiger partial charge on any atom is 0.221 e. The summed E-state index contributed by atoms with van der Waals surface area (Å²) >= 11 is 1.68. The molecule has 0 spiro atoms. The molecule has 0 radical (unpaired) electrons. The lowest BCUT2D eigenvalue weighted by Gasteiger charge is -2.14. The molecule has 5 nitrogen and oxygen atoms in total. The minimum absolute atomic E-state index is 0.0736. The Hall–Kier alpha value is -2.47. The number of nitrogens with two attached hydrogens (primary N) is 1. The molecule has 2 aromatic heterocycles. The van der Waals surface area contributed by atoms with Gasteiger partial charge in [-0.2, -0.15) is 5.10 Å². The summed E-state index contributed by atoms with van der Waals surface area (Å²) < 4.78 is 1.57. The zero-order valence-corrected chi connectivity index (χ0v) is 15.1. The zero-order valence-electron chi connectivity index (χ0n) is 14.3. The van der Waals surface area contributed by atoms with Crippen LogP contribution in [0.25, 0.3) is 10.6 Å². The summed E-state index contributed by atoms with van der Waals surface area (Å²) in [6.45, 7) is 8.41. The summed E-state index contributed by atoms with van der Waals surface area (Å²) in [4.78, 5) is 8.86. The average Bonchev–Trinajstić information content (AvgIpc) is 3.12. The fourth-order valence-corrected chi connectivity index (χ4v) is 3.24. The number of imidazole rings is 1. The van der Waals surface area contributed by atoms with Crippen LogP contribution in [0.1, 0.15) is 37.7 Å². The van der Waals surface area contributed by atoms with Gasteiger partial charge in [0.05, 0.1) is 23.8 Å². The van der Waals surface area contributed by atoms with Gasteiger partial charge in [-0.25, -0.2) is 14.6 Å². The van der Waals surface area contributed by atoms with E-state index in [2.05, 4.69) is 48.4 Å². The van der Waals surface area contributed by atoms with E-state index in [4.69, 9.17) is 10.7 Å². The van der Waals surface area contributed by atoms with Crippen molar-refractivity contribution in [1.29, 1.82) is 0 Å². The minimum atomic E-state index is 0.0736. The highest BCUT2D eigenvalue weighted by Crippen LogP contribution is 2.29. The second kappa shape index (κ2) is 6.20. The number of hydrogen-bond acceptors (Lipinski definition) is 5. The SMILES string of the molecule is Cc1cn(N=Cc2ccc(-c3nc(C(C)(C)C)cs3)cc2)c(N)n1. The molecule has 0 amide bonds. The molecule has 0 unspecified atom stereocenters. The molecule has 1 aromatic carbocycles. The molecule has 0 saturated carbocycles. The quantitative estimate of drug-likeness (QED) is 0.731. The van der Waals surface area contributed by atoms with Gasteiger partial charge < -0.3 is 5.73 Å². The Kier molecular flexibility index (Phi) is 4.24. The van der Waals surface area contributed by atoms with Crippen molar-refractivity contribution < 1.29 is 0 Å². The second-order valence-corrected chi connectivity index (χ2v) is 7.60. The van der Waals surface area contributed by atoms with E-state index >= 15 is 0 Å². The summed E-state index contributed by atoms with van der Waals surface area (Å²) in [5, 5.41) is 7.50. The molecule has 24 heavy (non-hydrogen) atoms. The van der Waals surface area contributed by atoms with Gasteiger partial charge in [0.25, 0.3) is 0 Å². The molecule has 3 rings (SSSR count). The smallest absolute Gasteiger partial charge is 0.221 e. The van der Waals surface area contributed by atoms with Crippen molar-refractivity contribution in [3.05, 3.63) is 52.8 Å². The van der Waals surface area contributed by atoms with E-state index in [0.717, 1.165) is 27.5 Å². The lowest BCUT2D eigenvalue weighted by atomic mass is 9.93. The van der Waals surface area contributed by atoms with Gasteiger partial charge in [-0.3, -0.25) is 0 Å². The van der Waals surface area contributed by atoms with Crippen LogP contribution in [0.3, 0.4) is 0 Å². The highest BCUT2D eigenvalue weighted by molar-refractivity contribution is 7.13. The van der Waals surface area contributed by atoms with Crippen LogP contribution in [0, 0.1) is 6.92 Å². The van der Waals surface area contributed by atoms with E-state index in [9.17, 15) is 0 Å². The number of thiazole rings is 1. The third-order valence-corrected chi connectivity index (χ3v) is 4.49. The van der Waals surface area contributed by atoms with Crippen molar-refractivity contribution in [2.24, 2.45) is 5.10 Å². The number of anilines is 1. The zero-order chi connectivity index (χ0) is 17.3. The number of aryl methyl sites for hydroxylation is 1. The molecular formula is C18H21N5S. The van der Waals surface area contributed by atoms with Crippen LogP contribution in [0.15, 0.2) is 40.9 Å². The average molecular weight is 339 g/mol. The molecule has 3 aromatic rings. The summed E-state index contributed by atoms with van der Waals surface area (Å²) in [5.74, 6) is 0.387. The van der Waals surface area contributed by atoms with Crippen molar-refractivity contribution in [3.63, 3.8) is 0 Å². The minimum Gasteiger partial charge on any atom is -0.368 e. The maximum absolute atomic E-state index is 5.77. The van der Waals surface area contributed by atoms with E-state index in [-0.39, 0.29) is 5.41 Å². The second-order valence-electron chi connectivity index (χ2n) is 6.74. The first-order valence-corrected chi connectivity index (χ1v) is 8.63. The third-order valence-electron chi connectivity index (χ3n) is 3.60. The number of nitrogens with zero attached hydrogens (tertiary/aromatic N) is 4. The molecule has 0 saturated heterocycles. The molecule has 0 aliphatic heterocycles. The van der Waals surface area contributed by atoms with Gasteiger partial charge in [0.15, 0.2) is 0 Å². The number of aromatic nitrogens is 3. The van der Waals surface area contributed by atoms with Gasteiger partial charge in [0.2, 0.25) is 5.95 Å². The Bertz CT molecular complexity index is 866. The van der Waals surface area contributed by atoms with Crippen LogP contribution < -0.4 is 5.73 Å². The summed E-state index contributed by atoms with van der Waals surface area (Å²) in [6.07, 6.45) is 3.56. The van der Waals surface area contributed by atoms with Gasteiger partial charge in [0.1, 0.15) is 5.01 Å². The van der Waals surface area contributed by atoms with E-state index in [1.54, 1.807) is 28.4 Å². The predicted octanol–water partition coefficient (Wildman–Crippen LogP) is 4.08. The van der Waals surface area contributed by atoms with Crippen LogP contribution >= 0.6 is 11.3 Å². The Balaban J connectivity index is 1.78. The van der Waals surface area contributed by atoms with Crippen molar-refractivity contribution in [1.82, 2.24) is 14.6 Å². The van der Waals surface area contributed by atoms with Gasteiger partial charge in [-0.1, -0.05) is 45.0 Å². The summed E-state index contributed by atoms with van der Waals surface area (Å²) in [6, 6.07) is 8.18. The predicted molar refractivity (Wildman–Crippen MR) is 101 cm³/mol. The summed E-state index contributed by atoms with van der Waals surface area (Å²) in [5.41, 5.74) is 9.93. The van der Waals surface area contributed by atoms with E-state index in [0.29, 0.717) is 5.95 Å². The molecule has 0 aliphatic rings. The maximum atomic E-state index is 5.77. The van der Waals surface area contributed by atoms with Gasteiger partial charge in [-0.05, 0) is 12.5 Å². The molecule has 0 fully saturated rings. The monoisotopic (exact) mass is 339 g/mol. The molecule has 2 heterocycles. The van der Waals surface area contributed by atoms with Crippen molar-refractivity contribution in [2.45, 2.75) is 33.1 Å². The van der Waals surface area contributed by atoms with Crippen LogP contribution in [0.4, 0.5) is 5.95 Å². The first-order valence-electron chi connectivity index (χ1n) is 7.75. The van der Waals surface area contributed by atoms with Gasteiger partial charge in [-0.15, -0.1) is 11.3 Å². The molecule has 6 heteroatoms. The number of nitrogen functional groups attached to an aromatic ring is 1. The largest absolute Gasteiger partial charge is 0.368 e. The molecular weight excluding hydrogens is 318 g/mol. The fourth-order valence-electron chi connectivity index (χ4n) is 2.19. The number of hydrogen-bond donors (Lipinski definition) is 1. The van der Waals surface area contributed by atoms with Gasteiger partial charge in [0, 0.05) is 16.4 Å². The Morgan fingerprint density at radius 2 is 1.88 bits per heavy atom. The first kappa shape index (κ1) is 16.4. The summed E-state index contributed by atoms with van der Waals surface area (Å²) in [7, 11) is 0. The Labute approximate surface area is 145 Å². The van der Waals surface area contributed by atoms with E-state index in [1.165, 1.54) is 0 Å². The highest BCUT2D eigenvalue weighted by atomic mass is 32.1. The van der Waals surface area contributed by atoms with Crippen LogP contribution in [0.5, 0.6) is 0 Å². The molecule has 124 valence electrons. The van der Waals surface area contributed by atoms with Crippen LogP contribution in [0.2, 0.25) is 0 Å². The standard InChI is InChI=1S/C18H21N5S/c1-12-10-23(17(19)21-12)20-9-13-5-7-14(8-6-13)16-22-15(11-24-16)18(2,3)4/h5-11H,1-4H3,(H2,19,21). The number of rotatable bonds is 3. The van der Waals surface area contributed by atoms with E-state index in [1.807, 2.05) is 19.1 Å². The molecule has 0 aliphatic carbocycles. The molecule has 2 N–H and O–H groups in total. The molecule has 0 bridgehead atoms. The number of benzene rings is 1. The fraction of sp³-hybridized carbons (Fsp3) is 0.278. The van der Waals surface area contributed by atoms with Crippen molar-refractivity contribution in [3.8, 4) is 10.6 Å². The normalized spacial score (nSPS) is 12.2. The van der Waals surface area contributed by atoms with Crippen LogP contribution in [-0.4, -0.2) is 20.9 Å². The van der Waals surface area contributed by atoms with Crippen molar-refractivity contribution >= 4 is 23.5 Å². The third kappa shape index (κ3) is 3.54. The lowest BCUT2D eigenvalue weighted by molar-refractivity contribution is 0.573. The van der Waals surface area contributed by atoms with Gasteiger partial charge >= 0.3 is 0 Å².